The maximum absolute atomic E-state index is 13.6. The number of hydrogen-bond donors (Lipinski definition) is 2. The first kappa shape index (κ1) is 14.9. The van der Waals surface area contributed by atoms with E-state index in [1.165, 1.54) is 0 Å². The highest BCUT2D eigenvalue weighted by Crippen LogP contribution is 2.58. The Kier molecular flexibility index (Phi) is 3.58. The largest absolute Gasteiger partial charge is 0.481 e. The minimum atomic E-state index is -1.09. The van der Waals surface area contributed by atoms with Crippen LogP contribution < -0.4 is 5.32 Å². The maximum atomic E-state index is 13.6. The van der Waals surface area contributed by atoms with E-state index >= 15 is 0 Å². The van der Waals surface area contributed by atoms with E-state index in [1.54, 1.807) is 13.8 Å². The normalized spacial score (nSPS) is 23.2. The van der Waals surface area contributed by atoms with Crippen LogP contribution in [0.1, 0.15) is 13.8 Å². The number of benzene rings is 1. The summed E-state index contributed by atoms with van der Waals surface area (Å²) in [6, 6.07) is 2.04. The number of carboxylic acids is 1. The molecule has 0 aliphatic heterocycles. The molecule has 108 valence electrons. The van der Waals surface area contributed by atoms with Crippen LogP contribution in [0, 0.1) is 28.9 Å². The van der Waals surface area contributed by atoms with Crippen LogP contribution in [0.5, 0.6) is 0 Å². The Morgan fingerprint density at radius 3 is 2.15 bits per heavy atom. The van der Waals surface area contributed by atoms with Gasteiger partial charge in [-0.05, 0) is 17.5 Å². The van der Waals surface area contributed by atoms with Gasteiger partial charge in [-0.1, -0.05) is 29.8 Å². The van der Waals surface area contributed by atoms with E-state index in [4.69, 9.17) is 5.11 Å². The van der Waals surface area contributed by atoms with E-state index in [0.29, 0.717) is 0 Å². The van der Waals surface area contributed by atoms with Crippen LogP contribution >= 0.6 is 15.9 Å². The van der Waals surface area contributed by atoms with Gasteiger partial charge in [-0.15, -0.1) is 0 Å². The van der Waals surface area contributed by atoms with Crippen LogP contribution in [-0.4, -0.2) is 17.0 Å². The molecule has 1 aromatic carbocycles. The van der Waals surface area contributed by atoms with E-state index in [0.717, 1.165) is 12.1 Å². The number of aliphatic carboxylic acids is 1. The van der Waals surface area contributed by atoms with Gasteiger partial charge in [-0.25, -0.2) is 8.78 Å². The van der Waals surface area contributed by atoms with Crippen LogP contribution in [0.15, 0.2) is 16.6 Å². The highest BCUT2D eigenvalue weighted by atomic mass is 79.9. The van der Waals surface area contributed by atoms with E-state index in [-0.39, 0.29) is 4.47 Å². The van der Waals surface area contributed by atoms with Gasteiger partial charge < -0.3 is 10.4 Å². The summed E-state index contributed by atoms with van der Waals surface area (Å²) in [6.07, 6.45) is 0. The van der Waals surface area contributed by atoms with Crippen molar-refractivity contribution >= 4 is 33.5 Å². The van der Waals surface area contributed by atoms with Crippen molar-refractivity contribution in [2.45, 2.75) is 13.8 Å². The third-order valence-electron chi connectivity index (χ3n) is 3.63. The van der Waals surface area contributed by atoms with Gasteiger partial charge in [0.25, 0.3) is 0 Å². The lowest BCUT2D eigenvalue weighted by Gasteiger charge is -2.08. The third kappa shape index (κ3) is 2.42. The average Bonchev–Trinajstić information content (AvgIpc) is 2.86. The van der Waals surface area contributed by atoms with Gasteiger partial charge >= 0.3 is 5.97 Å². The van der Waals surface area contributed by atoms with E-state index in [1.807, 2.05) is 0 Å². The zero-order chi connectivity index (χ0) is 15.2. The number of anilines is 1. The van der Waals surface area contributed by atoms with Gasteiger partial charge in [0.2, 0.25) is 5.91 Å². The molecule has 1 aliphatic carbocycles. The molecule has 0 spiro atoms. The average molecular weight is 348 g/mol. The molecule has 1 fully saturated rings. The fourth-order valence-electron chi connectivity index (χ4n) is 2.45. The first-order chi connectivity index (χ1) is 9.16. The Labute approximate surface area is 122 Å². The molecule has 4 nitrogen and oxygen atoms in total. The van der Waals surface area contributed by atoms with Gasteiger partial charge in [0.15, 0.2) is 11.6 Å². The van der Waals surface area contributed by atoms with Crippen molar-refractivity contribution < 1.29 is 23.5 Å². The molecule has 1 saturated carbocycles. The SMILES string of the molecule is CC1(C)[C@H](C(=O)O)[C@@H]1C(=O)Nc1c(F)cc(Br)cc1F. The first-order valence-corrected chi connectivity index (χ1v) is 6.63. The van der Waals surface area contributed by atoms with Crippen LogP contribution in [-0.2, 0) is 9.59 Å². The second-order valence-electron chi connectivity index (χ2n) is 5.35. The molecule has 2 atom stereocenters. The Morgan fingerprint density at radius 2 is 1.75 bits per heavy atom. The van der Waals surface area contributed by atoms with Crippen molar-refractivity contribution in [3.05, 3.63) is 28.2 Å². The smallest absolute Gasteiger partial charge is 0.307 e. The minimum Gasteiger partial charge on any atom is -0.481 e. The molecule has 0 radical (unpaired) electrons. The van der Waals surface area contributed by atoms with E-state index in [9.17, 15) is 18.4 Å². The van der Waals surface area contributed by atoms with Crippen LogP contribution in [0.2, 0.25) is 0 Å². The van der Waals surface area contributed by atoms with Crippen LogP contribution in [0.4, 0.5) is 14.5 Å². The molecule has 1 amide bonds. The molecule has 2 rings (SSSR count). The topological polar surface area (TPSA) is 66.4 Å². The van der Waals surface area contributed by atoms with Gasteiger partial charge in [-0.2, -0.15) is 0 Å². The minimum absolute atomic E-state index is 0.209. The summed E-state index contributed by atoms with van der Waals surface area (Å²) in [5, 5.41) is 11.1. The number of carbonyl (C=O) groups excluding carboxylic acids is 1. The lowest BCUT2D eigenvalue weighted by atomic mass is 10.1. The summed E-state index contributed by atoms with van der Waals surface area (Å²) in [5.74, 6) is -5.27. The summed E-state index contributed by atoms with van der Waals surface area (Å²) in [4.78, 5) is 23.0. The van der Waals surface area contributed by atoms with Crippen LogP contribution in [0.25, 0.3) is 0 Å². The highest BCUT2D eigenvalue weighted by Gasteiger charge is 2.66. The lowest BCUT2D eigenvalue weighted by molar-refractivity contribution is -0.140. The number of halogens is 3. The molecule has 20 heavy (non-hydrogen) atoms. The van der Waals surface area contributed by atoms with Crippen molar-refractivity contribution in [1.29, 1.82) is 0 Å². The molecule has 0 unspecified atom stereocenters. The number of nitrogens with one attached hydrogen (secondary N) is 1. The molecule has 0 heterocycles. The number of rotatable bonds is 3. The number of hydrogen-bond acceptors (Lipinski definition) is 2. The molecule has 0 bridgehead atoms. The Hall–Kier alpha value is -1.50. The van der Waals surface area contributed by atoms with Gasteiger partial charge in [0, 0.05) is 4.47 Å². The molecular formula is C13H12BrF2NO3. The maximum Gasteiger partial charge on any atom is 0.307 e. The zero-order valence-electron chi connectivity index (χ0n) is 10.7. The second kappa shape index (κ2) is 4.80. The zero-order valence-corrected chi connectivity index (χ0v) is 12.3. The monoisotopic (exact) mass is 347 g/mol. The first-order valence-electron chi connectivity index (χ1n) is 5.84. The molecule has 0 aromatic heterocycles. The van der Waals surface area contributed by atoms with Crippen molar-refractivity contribution in [1.82, 2.24) is 0 Å². The number of carbonyl (C=O) groups is 2. The molecule has 1 aromatic rings. The van der Waals surface area contributed by atoms with Crippen LogP contribution in [0.3, 0.4) is 0 Å². The molecule has 7 heteroatoms. The Balaban J connectivity index is 2.20. The van der Waals surface area contributed by atoms with Crippen molar-refractivity contribution in [3.63, 3.8) is 0 Å². The molecule has 1 aliphatic rings. The summed E-state index contributed by atoms with van der Waals surface area (Å²) >= 11 is 2.93. The van der Waals surface area contributed by atoms with Gasteiger partial charge in [0.05, 0.1) is 11.8 Å². The highest BCUT2D eigenvalue weighted by molar-refractivity contribution is 9.10. The fourth-order valence-corrected chi connectivity index (χ4v) is 2.85. The molecule has 0 saturated heterocycles. The number of amides is 1. The quantitative estimate of drug-likeness (QED) is 0.883. The molecular weight excluding hydrogens is 336 g/mol. The van der Waals surface area contributed by atoms with E-state index in [2.05, 4.69) is 21.2 Å². The number of carboxylic acid groups (broad SMARTS) is 1. The lowest BCUT2D eigenvalue weighted by Crippen LogP contribution is -2.19. The Morgan fingerprint density at radius 1 is 1.25 bits per heavy atom. The summed E-state index contributed by atoms with van der Waals surface area (Å²) in [7, 11) is 0. The third-order valence-corrected chi connectivity index (χ3v) is 4.09. The van der Waals surface area contributed by atoms with Gasteiger partial charge in [0.1, 0.15) is 5.69 Å². The Bertz CT molecular complexity index is 580. The fraction of sp³-hybridized carbons (Fsp3) is 0.385. The predicted molar refractivity (Wildman–Crippen MR) is 71.1 cm³/mol. The van der Waals surface area contributed by atoms with E-state index < -0.39 is 46.4 Å². The van der Waals surface area contributed by atoms with Crippen molar-refractivity contribution in [2.24, 2.45) is 17.3 Å². The summed E-state index contributed by atoms with van der Waals surface area (Å²) < 4.78 is 27.4. The second-order valence-corrected chi connectivity index (χ2v) is 6.26. The molecule has 2 N–H and O–H groups in total. The van der Waals surface area contributed by atoms with Crippen molar-refractivity contribution in [3.8, 4) is 0 Å². The summed E-state index contributed by atoms with van der Waals surface area (Å²) in [6.45, 7) is 3.26. The van der Waals surface area contributed by atoms with Crippen molar-refractivity contribution in [2.75, 3.05) is 5.32 Å². The van der Waals surface area contributed by atoms with Gasteiger partial charge in [-0.3, -0.25) is 9.59 Å². The summed E-state index contributed by atoms with van der Waals surface area (Å²) in [5.41, 5.74) is -1.29. The standard InChI is InChI=1S/C13H12BrF2NO3/c1-13(2)8(9(13)12(19)20)11(18)17-10-6(15)3-5(14)4-7(10)16/h3-4,8-9H,1-2H3,(H,17,18)(H,19,20)/t8-,9+/m1/s1. The predicted octanol–water partition coefficient (Wildman–Crippen LogP) is 3.02.